The van der Waals surface area contributed by atoms with Crippen LogP contribution in [0.2, 0.25) is 0 Å². The Bertz CT molecular complexity index is 539. The molecular weight excluding hydrogens is 294 g/mol. The molecule has 0 saturated carbocycles. The van der Waals surface area contributed by atoms with Gasteiger partial charge in [0.25, 0.3) is 0 Å². The van der Waals surface area contributed by atoms with Gasteiger partial charge in [-0.05, 0) is 17.7 Å². The van der Waals surface area contributed by atoms with Crippen molar-refractivity contribution in [3.05, 3.63) is 46.2 Å². The summed E-state index contributed by atoms with van der Waals surface area (Å²) in [5.41, 5.74) is 3.17. The molecule has 1 heterocycles. The summed E-state index contributed by atoms with van der Waals surface area (Å²) in [6.45, 7) is 0.853. The van der Waals surface area contributed by atoms with E-state index in [0.717, 1.165) is 22.3 Å². The third-order valence-electron chi connectivity index (χ3n) is 2.83. The summed E-state index contributed by atoms with van der Waals surface area (Å²) in [4.78, 5) is 2.14. The smallest absolute Gasteiger partial charge is 0.0692 e. The van der Waals surface area contributed by atoms with Crippen LogP contribution in [0.25, 0.3) is 0 Å². The monoisotopic (exact) mass is 309 g/mol. The van der Waals surface area contributed by atoms with E-state index in [1.165, 1.54) is 5.56 Å². The molecule has 5 heteroatoms. The molecular formula is C13H16BrN3O. The minimum Gasteiger partial charge on any atom is -0.392 e. The summed E-state index contributed by atoms with van der Waals surface area (Å²) < 4.78 is 2.73. The van der Waals surface area contributed by atoms with E-state index in [-0.39, 0.29) is 6.61 Å². The van der Waals surface area contributed by atoms with E-state index >= 15 is 0 Å². The molecule has 18 heavy (non-hydrogen) atoms. The molecule has 2 rings (SSSR count). The van der Waals surface area contributed by atoms with Crippen molar-refractivity contribution in [2.24, 2.45) is 7.05 Å². The van der Waals surface area contributed by atoms with Crippen molar-refractivity contribution >= 4 is 21.6 Å². The number of aromatic nitrogens is 2. The van der Waals surface area contributed by atoms with Crippen LogP contribution in [0.3, 0.4) is 0 Å². The van der Waals surface area contributed by atoms with E-state index in [1.807, 2.05) is 44.7 Å². The first-order chi connectivity index (χ1) is 8.60. The first-order valence-corrected chi connectivity index (χ1v) is 6.47. The molecule has 0 bridgehead atoms. The average molecular weight is 310 g/mol. The second kappa shape index (κ2) is 5.54. The van der Waals surface area contributed by atoms with E-state index in [4.69, 9.17) is 5.11 Å². The summed E-state index contributed by atoms with van der Waals surface area (Å²) in [5, 5.41) is 13.3. The van der Waals surface area contributed by atoms with Gasteiger partial charge in [-0.15, -0.1) is 0 Å². The SMILES string of the molecule is CN(Cc1cnn(C)c1)c1ccc(CO)c(Br)c1. The van der Waals surface area contributed by atoms with Crippen LogP contribution >= 0.6 is 15.9 Å². The fourth-order valence-electron chi connectivity index (χ4n) is 1.82. The highest BCUT2D eigenvalue weighted by molar-refractivity contribution is 9.10. The fraction of sp³-hybridized carbons (Fsp3) is 0.308. The summed E-state index contributed by atoms with van der Waals surface area (Å²) >= 11 is 3.46. The number of anilines is 1. The lowest BCUT2D eigenvalue weighted by Crippen LogP contribution is -2.16. The van der Waals surface area contributed by atoms with E-state index in [9.17, 15) is 0 Å². The summed E-state index contributed by atoms with van der Waals surface area (Å²) in [6.07, 6.45) is 3.88. The lowest BCUT2D eigenvalue weighted by atomic mass is 10.2. The number of hydrogen-bond donors (Lipinski definition) is 1. The van der Waals surface area contributed by atoms with Gasteiger partial charge in [-0.1, -0.05) is 22.0 Å². The van der Waals surface area contributed by atoms with E-state index < -0.39 is 0 Å². The maximum atomic E-state index is 9.13. The van der Waals surface area contributed by atoms with Crippen LogP contribution in [0.4, 0.5) is 5.69 Å². The Kier molecular flexibility index (Phi) is 4.04. The van der Waals surface area contributed by atoms with Gasteiger partial charge in [0, 0.05) is 42.6 Å². The van der Waals surface area contributed by atoms with Crippen LogP contribution in [0.1, 0.15) is 11.1 Å². The Morgan fingerprint density at radius 1 is 1.44 bits per heavy atom. The number of benzene rings is 1. The molecule has 1 aromatic carbocycles. The number of halogens is 1. The molecule has 0 spiro atoms. The lowest BCUT2D eigenvalue weighted by Gasteiger charge is -2.19. The largest absolute Gasteiger partial charge is 0.392 e. The van der Waals surface area contributed by atoms with Crippen LogP contribution in [-0.2, 0) is 20.2 Å². The predicted molar refractivity (Wildman–Crippen MR) is 75.4 cm³/mol. The van der Waals surface area contributed by atoms with Crippen molar-refractivity contribution in [3.63, 3.8) is 0 Å². The average Bonchev–Trinajstić information content (AvgIpc) is 2.74. The van der Waals surface area contributed by atoms with Crippen LogP contribution in [0, 0.1) is 0 Å². The zero-order chi connectivity index (χ0) is 13.1. The second-order valence-electron chi connectivity index (χ2n) is 4.31. The van der Waals surface area contributed by atoms with Gasteiger partial charge >= 0.3 is 0 Å². The lowest BCUT2D eigenvalue weighted by molar-refractivity contribution is 0.281. The Hall–Kier alpha value is -1.33. The third kappa shape index (κ3) is 2.91. The topological polar surface area (TPSA) is 41.3 Å². The summed E-state index contributed by atoms with van der Waals surface area (Å²) in [7, 11) is 3.95. The van der Waals surface area contributed by atoms with Crippen LogP contribution in [-0.4, -0.2) is 21.9 Å². The quantitative estimate of drug-likeness (QED) is 0.942. The second-order valence-corrected chi connectivity index (χ2v) is 5.17. The van der Waals surface area contributed by atoms with Gasteiger partial charge in [-0.3, -0.25) is 4.68 Å². The summed E-state index contributed by atoms with van der Waals surface area (Å²) in [6, 6.07) is 5.95. The highest BCUT2D eigenvalue weighted by Gasteiger charge is 2.06. The molecule has 0 amide bonds. The fourth-order valence-corrected chi connectivity index (χ4v) is 2.31. The Morgan fingerprint density at radius 2 is 2.22 bits per heavy atom. The number of aryl methyl sites for hydroxylation is 1. The molecule has 2 aromatic rings. The van der Waals surface area contributed by atoms with Crippen LogP contribution in [0.15, 0.2) is 35.1 Å². The molecule has 1 N–H and O–H groups in total. The Balaban J connectivity index is 2.13. The van der Waals surface area contributed by atoms with Crippen molar-refractivity contribution in [1.29, 1.82) is 0 Å². The molecule has 96 valence electrons. The molecule has 0 unspecified atom stereocenters. The predicted octanol–water partition coefficient (Wildman–Crippen LogP) is 2.31. The highest BCUT2D eigenvalue weighted by Crippen LogP contribution is 2.24. The number of hydrogen-bond acceptors (Lipinski definition) is 3. The normalized spacial score (nSPS) is 10.7. The number of nitrogens with zero attached hydrogens (tertiary/aromatic N) is 3. The van der Waals surface area contributed by atoms with Gasteiger partial charge in [0.05, 0.1) is 12.8 Å². The van der Waals surface area contributed by atoms with Crippen molar-refractivity contribution in [1.82, 2.24) is 9.78 Å². The first kappa shape index (κ1) is 13.1. The number of aliphatic hydroxyl groups excluding tert-OH is 1. The zero-order valence-electron chi connectivity index (χ0n) is 10.5. The van der Waals surface area contributed by atoms with Crippen LogP contribution in [0.5, 0.6) is 0 Å². The van der Waals surface area contributed by atoms with E-state index in [0.29, 0.717) is 0 Å². The van der Waals surface area contributed by atoms with Crippen LogP contribution < -0.4 is 4.90 Å². The molecule has 0 saturated heterocycles. The third-order valence-corrected chi connectivity index (χ3v) is 3.56. The van der Waals surface area contributed by atoms with Crippen molar-refractivity contribution in [3.8, 4) is 0 Å². The zero-order valence-corrected chi connectivity index (χ0v) is 12.1. The van der Waals surface area contributed by atoms with Crippen molar-refractivity contribution in [2.45, 2.75) is 13.2 Å². The van der Waals surface area contributed by atoms with E-state index in [1.54, 1.807) is 4.68 Å². The van der Waals surface area contributed by atoms with Gasteiger partial charge in [0.1, 0.15) is 0 Å². The van der Waals surface area contributed by atoms with Gasteiger partial charge in [-0.25, -0.2) is 0 Å². The number of aliphatic hydroxyl groups is 1. The molecule has 4 nitrogen and oxygen atoms in total. The van der Waals surface area contributed by atoms with Crippen molar-refractivity contribution < 1.29 is 5.11 Å². The van der Waals surface area contributed by atoms with Gasteiger partial charge in [0.2, 0.25) is 0 Å². The minimum atomic E-state index is 0.0488. The molecule has 0 atom stereocenters. The summed E-state index contributed by atoms with van der Waals surface area (Å²) in [5.74, 6) is 0. The first-order valence-electron chi connectivity index (χ1n) is 5.68. The Morgan fingerprint density at radius 3 is 2.78 bits per heavy atom. The molecule has 0 aliphatic carbocycles. The Labute approximate surface area is 115 Å². The number of rotatable bonds is 4. The molecule has 0 aliphatic rings. The highest BCUT2D eigenvalue weighted by atomic mass is 79.9. The van der Waals surface area contributed by atoms with Gasteiger partial charge in [0.15, 0.2) is 0 Å². The molecule has 0 radical (unpaired) electrons. The maximum Gasteiger partial charge on any atom is 0.0692 e. The standard InChI is InChI=1S/C13H16BrN3O/c1-16(7-10-6-15-17(2)8-10)12-4-3-11(9-18)13(14)5-12/h3-6,8,18H,7,9H2,1-2H3. The molecule has 0 fully saturated rings. The van der Waals surface area contributed by atoms with Gasteiger partial charge < -0.3 is 10.0 Å². The van der Waals surface area contributed by atoms with Gasteiger partial charge in [-0.2, -0.15) is 5.10 Å². The maximum absolute atomic E-state index is 9.13. The molecule has 0 aliphatic heterocycles. The van der Waals surface area contributed by atoms with E-state index in [2.05, 4.69) is 25.9 Å². The van der Waals surface area contributed by atoms with Crippen molar-refractivity contribution in [2.75, 3.05) is 11.9 Å². The minimum absolute atomic E-state index is 0.0488. The molecule has 1 aromatic heterocycles.